The number of hydrogen-bond donors (Lipinski definition) is 0. The molecule has 0 saturated heterocycles. The zero-order chi connectivity index (χ0) is 14.0. The SMILES string of the molecule is Cc1ccc(OCCC(C)(C)C)c([B-](F)(F)F)c1. The van der Waals surface area contributed by atoms with Gasteiger partial charge in [0.05, 0.1) is 12.4 Å². The summed E-state index contributed by atoms with van der Waals surface area (Å²) in [4.78, 5) is 0. The van der Waals surface area contributed by atoms with E-state index >= 15 is 0 Å². The Hall–Kier alpha value is -1.13. The molecule has 0 bridgehead atoms. The first kappa shape index (κ1) is 14.9. The van der Waals surface area contributed by atoms with Gasteiger partial charge in [-0.05, 0) is 24.8 Å². The molecule has 0 N–H and O–H groups in total. The quantitative estimate of drug-likeness (QED) is 0.746. The molecule has 0 radical (unpaired) electrons. The van der Waals surface area contributed by atoms with Crippen LogP contribution >= 0.6 is 0 Å². The molecular weight excluding hydrogens is 240 g/mol. The van der Waals surface area contributed by atoms with Gasteiger partial charge in [0.15, 0.2) is 0 Å². The Morgan fingerprint density at radius 2 is 1.78 bits per heavy atom. The highest BCUT2D eigenvalue weighted by atomic mass is 19.4. The number of aryl methyl sites for hydroxylation is 1. The molecule has 1 nitrogen and oxygen atoms in total. The molecular formula is C13H19BF3O-. The molecule has 1 rings (SSSR count). The maximum absolute atomic E-state index is 12.9. The van der Waals surface area contributed by atoms with Crippen molar-refractivity contribution in [2.24, 2.45) is 5.41 Å². The summed E-state index contributed by atoms with van der Waals surface area (Å²) in [6, 6.07) is 4.19. The van der Waals surface area contributed by atoms with Crippen LogP contribution in [0.15, 0.2) is 18.2 Å². The van der Waals surface area contributed by atoms with E-state index in [1.165, 1.54) is 6.07 Å². The van der Waals surface area contributed by atoms with Crippen molar-refractivity contribution < 1.29 is 17.7 Å². The van der Waals surface area contributed by atoms with E-state index < -0.39 is 12.4 Å². The summed E-state index contributed by atoms with van der Waals surface area (Å²) < 4.78 is 43.9. The first-order valence-corrected chi connectivity index (χ1v) is 6.03. The minimum absolute atomic E-state index is 0.0498. The van der Waals surface area contributed by atoms with Gasteiger partial charge in [0.2, 0.25) is 0 Å². The first-order chi connectivity index (χ1) is 8.09. The molecule has 0 spiro atoms. The van der Waals surface area contributed by atoms with E-state index in [0.717, 1.165) is 6.07 Å². The third-order valence-electron chi connectivity index (χ3n) is 2.63. The van der Waals surface area contributed by atoms with Gasteiger partial charge < -0.3 is 17.7 Å². The third kappa shape index (κ3) is 4.63. The molecule has 0 aliphatic carbocycles. The van der Waals surface area contributed by atoms with Crippen LogP contribution in [0.1, 0.15) is 32.8 Å². The minimum atomic E-state index is -5.03. The van der Waals surface area contributed by atoms with Gasteiger partial charge >= 0.3 is 6.98 Å². The summed E-state index contributed by atoms with van der Waals surface area (Å²) in [5, 5.41) is 0. The van der Waals surface area contributed by atoms with Crippen LogP contribution in [0.2, 0.25) is 0 Å². The average Bonchev–Trinajstić information content (AvgIpc) is 2.17. The summed E-state index contributed by atoms with van der Waals surface area (Å²) in [5.74, 6) is -0.0580. The van der Waals surface area contributed by atoms with Crippen molar-refractivity contribution in [2.75, 3.05) is 6.61 Å². The summed E-state index contributed by atoms with van der Waals surface area (Å²) in [5.41, 5.74) is 0.00473. The van der Waals surface area contributed by atoms with Crippen LogP contribution < -0.4 is 10.2 Å². The number of hydrogen-bond acceptors (Lipinski definition) is 1. The van der Waals surface area contributed by atoms with Crippen LogP contribution in [0.3, 0.4) is 0 Å². The maximum Gasteiger partial charge on any atom is 0.513 e. The largest absolute Gasteiger partial charge is 0.513 e. The van der Waals surface area contributed by atoms with E-state index in [1.807, 2.05) is 20.8 Å². The van der Waals surface area contributed by atoms with Crippen LogP contribution in [0.25, 0.3) is 0 Å². The van der Waals surface area contributed by atoms with Gasteiger partial charge in [-0.2, -0.15) is 0 Å². The van der Waals surface area contributed by atoms with Gasteiger partial charge in [0.1, 0.15) is 0 Å². The normalized spacial score (nSPS) is 12.6. The van der Waals surface area contributed by atoms with Crippen molar-refractivity contribution in [1.29, 1.82) is 0 Å². The van der Waals surface area contributed by atoms with E-state index in [0.29, 0.717) is 18.6 Å². The average molecular weight is 259 g/mol. The Bertz CT molecular complexity index is 408. The lowest BCUT2D eigenvalue weighted by molar-refractivity contribution is 0.243. The molecule has 102 valence electrons. The smallest absolute Gasteiger partial charge is 0.497 e. The van der Waals surface area contributed by atoms with Gasteiger partial charge in [-0.25, -0.2) is 0 Å². The summed E-state index contributed by atoms with van der Waals surface area (Å²) in [7, 11) is 0. The topological polar surface area (TPSA) is 9.23 Å². The van der Waals surface area contributed by atoms with Crippen LogP contribution in [0.4, 0.5) is 12.9 Å². The number of benzene rings is 1. The fraction of sp³-hybridized carbons (Fsp3) is 0.538. The van der Waals surface area contributed by atoms with Gasteiger partial charge in [-0.15, -0.1) is 0 Å². The van der Waals surface area contributed by atoms with Gasteiger partial charge in [-0.1, -0.05) is 43.9 Å². The first-order valence-electron chi connectivity index (χ1n) is 6.03. The van der Waals surface area contributed by atoms with E-state index in [-0.39, 0.29) is 11.2 Å². The highest BCUT2D eigenvalue weighted by molar-refractivity contribution is 6.74. The molecule has 18 heavy (non-hydrogen) atoms. The molecule has 1 aromatic carbocycles. The fourth-order valence-electron chi connectivity index (χ4n) is 1.52. The molecule has 0 aliphatic heterocycles. The van der Waals surface area contributed by atoms with Crippen molar-refractivity contribution in [3.63, 3.8) is 0 Å². The van der Waals surface area contributed by atoms with Crippen molar-refractivity contribution in [3.8, 4) is 5.75 Å². The standard InChI is InChI=1S/C13H19BF3O/c1-10-5-6-12(11(9-10)14(15,16)17)18-8-7-13(2,3)4/h5-6,9H,7-8H2,1-4H3/q-1. The summed E-state index contributed by atoms with van der Waals surface area (Å²) >= 11 is 0. The molecule has 0 heterocycles. The monoisotopic (exact) mass is 259 g/mol. The predicted molar refractivity (Wildman–Crippen MR) is 69.5 cm³/mol. The molecule has 0 unspecified atom stereocenters. The molecule has 0 fully saturated rings. The van der Waals surface area contributed by atoms with E-state index in [9.17, 15) is 12.9 Å². The number of halogens is 3. The molecule has 0 aliphatic rings. The maximum atomic E-state index is 12.9. The fourth-order valence-corrected chi connectivity index (χ4v) is 1.52. The van der Waals surface area contributed by atoms with Crippen molar-refractivity contribution in [1.82, 2.24) is 0 Å². The summed E-state index contributed by atoms with van der Waals surface area (Å²) in [6.07, 6.45) is 0.713. The van der Waals surface area contributed by atoms with Crippen LogP contribution in [0, 0.1) is 12.3 Å². The Balaban J connectivity index is 2.83. The lowest BCUT2D eigenvalue weighted by Crippen LogP contribution is -2.35. The zero-order valence-corrected chi connectivity index (χ0v) is 11.3. The van der Waals surface area contributed by atoms with Gasteiger partial charge in [0, 0.05) is 0 Å². The number of ether oxygens (including phenoxy) is 1. The Morgan fingerprint density at radius 1 is 1.17 bits per heavy atom. The van der Waals surface area contributed by atoms with Crippen molar-refractivity contribution >= 4 is 12.4 Å². The third-order valence-corrected chi connectivity index (χ3v) is 2.63. The van der Waals surface area contributed by atoms with E-state index in [4.69, 9.17) is 4.74 Å². The zero-order valence-electron chi connectivity index (χ0n) is 11.3. The molecule has 0 aromatic heterocycles. The van der Waals surface area contributed by atoms with Crippen molar-refractivity contribution in [3.05, 3.63) is 23.8 Å². The highest BCUT2D eigenvalue weighted by Crippen LogP contribution is 2.22. The minimum Gasteiger partial charge on any atom is -0.497 e. The van der Waals surface area contributed by atoms with Crippen LogP contribution in [-0.4, -0.2) is 13.6 Å². The Morgan fingerprint density at radius 3 is 2.28 bits per heavy atom. The Kier molecular flexibility index (Phi) is 4.35. The van der Waals surface area contributed by atoms with Gasteiger partial charge in [-0.3, -0.25) is 0 Å². The van der Waals surface area contributed by atoms with E-state index in [1.54, 1.807) is 13.0 Å². The van der Waals surface area contributed by atoms with Crippen LogP contribution in [0.5, 0.6) is 5.75 Å². The second-order valence-corrected chi connectivity index (χ2v) is 5.78. The van der Waals surface area contributed by atoms with Crippen molar-refractivity contribution in [2.45, 2.75) is 34.1 Å². The molecule has 0 atom stereocenters. The lowest BCUT2D eigenvalue weighted by Gasteiger charge is -2.23. The molecule has 0 saturated carbocycles. The second kappa shape index (κ2) is 5.25. The van der Waals surface area contributed by atoms with Gasteiger partial charge in [0.25, 0.3) is 0 Å². The summed E-state index contributed by atoms with van der Waals surface area (Å²) in [6.45, 7) is 3.00. The van der Waals surface area contributed by atoms with Crippen LogP contribution in [-0.2, 0) is 0 Å². The molecule has 1 aromatic rings. The molecule has 5 heteroatoms. The lowest BCUT2D eigenvalue weighted by atomic mass is 9.78. The number of rotatable bonds is 4. The Labute approximate surface area is 106 Å². The van der Waals surface area contributed by atoms with E-state index in [2.05, 4.69) is 0 Å². The highest BCUT2D eigenvalue weighted by Gasteiger charge is 2.29. The second-order valence-electron chi connectivity index (χ2n) is 5.78. The molecule has 0 amide bonds. The predicted octanol–water partition coefficient (Wildman–Crippen LogP) is 3.86.